The zero-order chi connectivity index (χ0) is 18.4. The van der Waals surface area contributed by atoms with E-state index in [1.807, 2.05) is 19.1 Å². The third-order valence-corrected chi connectivity index (χ3v) is 5.10. The van der Waals surface area contributed by atoms with E-state index in [-0.39, 0.29) is 11.3 Å². The Kier molecular flexibility index (Phi) is 5.71. The van der Waals surface area contributed by atoms with Crippen molar-refractivity contribution >= 4 is 11.9 Å². The first-order chi connectivity index (χ1) is 12.7. The average molecular weight is 354 g/mol. The van der Waals surface area contributed by atoms with Crippen LogP contribution in [0.25, 0.3) is 0 Å². The van der Waals surface area contributed by atoms with E-state index in [9.17, 15) is 4.79 Å². The summed E-state index contributed by atoms with van der Waals surface area (Å²) in [4.78, 5) is 20.8. The molecule has 1 amide bonds. The molecule has 0 aliphatic heterocycles. The summed E-state index contributed by atoms with van der Waals surface area (Å²) in [5, 5.41) is 6.11. The standard InChI is InChI=1S/C20H26N4O2/c1-3-21-19-22-12-15(13-23-19)18(25)24-14-20(10-4-5-11-20)16-6-8-17(26-2)9-7-16/h6-9,12-13H,3-5,10-11,14H2,1-2H3,(H,24,25)(H,21,22,23). The molecule has 1 aromatic heterocycles. The normalized spacial score (nSPS) is 15.5. The SMILES string of the molecule is CCNc1ncc(C(=O)NCC2(c3ccc(OC)cc3)CCCC2)cn1. The van der Waals surface area contributed by atoms with E-state index in [2.05, 4.69) is 32.7 Å². The van der Waals surface area contributed by atoms with Gasteiger partial charge in [-0.15, -0.1) is 0 Å². The lowest BCUT2D eigenvalue weighted by molar-refractivity contribution is 0.0942. The zero-order valence-electron chi connectivity index (χ0n) is 15.4. The molecule has 1 aromatic carbocycles. The van der Waals surface area contributed by atoms with Crippen molar-refractivity contribution in [1.29, 1.82) is 0 Å². The fourth-order valence-corrected chi connectivity index (χ4v) is 3.61. The van der Waals surface area contributed by atoms with Crippen LogP contribution >= 0.6 is 0 Å². The van der Waals surface area contributed by atoms with Crippen LogP contribution in [0.4, 0.5) is 5.95 Å². The van der Waals surface area contributed by atoms with Crippen molar-refractivity contribution in [3.8, 4) is 5.75 Å². The maximum Gasteiger partial charge on any atom is 0.254 e. The van der Waals surface area contributed by atoms with E-state index >= 15 is 0 Å². The van der Waals surface area contributed by atoms with Crippen molar-refractivity contribution < 1.29 is 9.53 Å². The molecule has 1 saturated carbocycles. The zero-order valence-corrected chi connectivity index (χ0v) is 15.4. The summed E-state index contributed by atoms with van der Waals surface area (Å²) in [7, 11) is 1.67. The first-order valence-electron chi connectivity index (χ1n) is 9.15. The van der Waals surface area contributed by atoms with Crippen LogP contribution in [0.1, 0.15) is 48.5 Å². The maximum atomic E-state index is 12.5. The van der Waals surface area contributed by atoms with Crippen molar-refractivity contribution in [2.24, 2.45) is 0 Å². The third kappa shape index (κ3) is 3.95. The lowest BCUT2D eigenvalue weighted by Crippen LogP contribution is -2.39. The number of ether oxygens (including phenoxy) is 1. The van der Waals surface area contributed by atoms with Gasteiger partial charge in [0.25, 0.3) is 5.91 Å². The lowest BCUT2D eigenvalue weighted by atomic mass is 9.78. The van der Waals surface area contributed by atoms with Gasteiger partial charge in [-0.05, 0) is 37.5 Å². The van der Waals surface area contributed by atoms with Crippen molar-refractivity contribution in [2.45, 2.75) is 38.0 Å². The van der Waals surface area contributed by atoms with Gasteiger partial charge in [0.2, 0.25) is 5.95 Å². The van der Waals surface area contributed by atoms with Gasteiger partial charge in [-0.2, -0.15) is 0 Å². The number of nitrogens with one attached hydrogen (secondary N) is 2. The van der Waals surface area contributed by atoms with Gasteiger partial charge in [0.1, 0.15) is 5.75 Å². The number of rotatable bonds is 7. The molecule has 0 radical (unpaired) electrons. The van der Waals surface area contributed by atoms with Gasteiger partial charge in [0, 0.05) is 30.9 Å². The summed E-state index contributed by atoms with van der Waals surface area (Å²) in [5.74, 6) is 1.26. The van der Waals surface area contributed by atoms with Crippen LogP contribution in [-0.2, 0) is 5.41 Å². The monoisotopic (exact) mass is 354 g/mol. The summed E-state index contributed by atoms with van der Waals surface area (Å²) < 4.78 is 5.26. The molecule has 2 N–H and O–H groups in total. The summed E-state index contributed by atoms with van der Waals surface area (Å²) in [5.41, 5.74) is 1.73. The minimum atomic E-state index is -0.132. The molecule has 0 bridgehead atoms. The molecular formula is C20H26N4O2. The fraction of sp³-hybridized carbons (Fsp3) is 0.450. The molecule has 3 rings (SSSR count). The van der Waals surface area contributed by atoms with Gasteiger partial charge in [-0.1, -0.05) is 25.0 Å². The molecule has 26 heavy (non-hydrogen) atoms. The molecule has 1 aliphatic carbocycles. The number of anilines is 1. The van der Waals surface area contributed by atoms with Crippen LogP contribution in [0, 0.1) is 0 Å². The average Bonchev–Trinajstić information content (AvgIpc) is 3.17. The predicted octanol–water partition coefficient (Wildman–Crippen LogP) is 3.16. The number of carbonyl (C=O) groups excluding carboxylic acids is 1. The number of carbonyl (C=O) groups is 1. The Bertz CT molecular complexity index is 722. The minimum absolute atomic E-state index is 0.00745. The molecule has 2 aromatic rings. The number of benzene rings is 1. The van der Waals surface area contributed by atoms with Crippen LogP contribution in [0.3, 0.4) is 0 Å². The van der Waals surface area contributed by atoms with Crippen LogP contribution in [-0.4, -0.2) is 36.1 Å². The van der Waals surface area contributed by atoms with Crippen molar-refractivity contribution in [1.82, 2.24) is 15.3 Å². The molecule has 1 heterocycles. The first-order valence-corrected chi connectivity index (χ1v) is 9.15. The van der Waals surface area contributed by atoms with Crippen LogP contribution < -0.4 is 15.4 Å². The lowest BCUT2D eigenvalue weighted by Gasteiger charge is -2.30. The van der Waals surface area contributed by atoms with Gasteiger partial charge >= 0.3 is 0 Å². The van der Waals surface area contributed by atoms with E-state index < -0.39 is 0 Å². The molecule has 0 atom stereocenters. The highest BCUT2D eigenvalue weighted by Crippen LogP contribution is 2.41. The Morgan fingerprint density at radius 1 is 1.15 bits per heavy atom. The topological polar surface area (TPSA) is 76.1 Å². The number of hydrogen-bond acceptors (Lipinski definition) is 5. The Labute approximate surface area is 154 Å². The quantitative estimate of drug-likeness (QED) is 0.799. The second kappa shape index (κ2) is 8.17. The molecule has 6 nitrogen and oxygen atoms in total. The highest BCUT2D eigenvalue weighted by molar-refractivity contribution is 5.93. The van der Waals surface area contributed by atoms with Crippen molar-refractivity contribution in [3.63, 3.8) is 0 Å². The largest absolute Gasteiger partial charge is 0.497 e. The molecule has 0 unspecified atom stereocenters. The second-order valence-corrected chi connectivity index (χ2v) is 6.72. The van der Waals surface area contributed by atoms with Crippen LogP contribution in [0.15, 0.2) is 36.7 Å². The summed E-state index contributed by atoms with van der Waals surface area (Å²) >= 11 is 0. The highest BCUT2D eigenvalue weighted by atomic mass is 16.5. The van der Waals surface area contributed by atoms with Crippen molar-refractivity contribution in [3.05, 3.63) is 47.8 Å². The Morgan fingerprint density at radius 3 is 2.38 bits per heavy atom. The first kappa shape index (κ1) is 18.2. The van der Waals surface area contributed by atoms with E-state index in [0.29, 0.717) is 18.1 Å². The van der Waals surface area contributed by atoms with Gasteiger partial charge in [0.05, 0.1) is 12.7 Å². The fourth-order valence-electron chi connectivity index (χ4n) is 3.61. The van der Waals surface area contributed by atoms with E-state index in [0.717, 1.165) is 25.1 Å². The third-order valence-electron chi connectivity index (χ3n) is 5.10. The molecular weight excluding hydrogens is 328 g/mol. The number of methoxy groups -OCH3 is 1. The molecule has 0 saturated heterocycles. The predicted molar refractivity (Wildman–Crippen MR) is 102 cm³/mol. The molecule has 1 aliphatic rings. The highest BCUT2D eigenvalue weighted by Gasteiger charge is 2.36. The minimum Gasteiger partial charge on any atom is -0.497 e. The smallest absolute Gasteiger partial charge is 0.254 e. The summed E-state index contributed by atoms with van der Waals surface area (Å²) in [6.07, 6.45) is 7.65. The Hall–Kier alpha value is -2.63. The Balaban J connectivity index is 1.69. The number of aromatic nitrogens is 2. The summed E-state index contributed by atoms with van der Waals surface area (Å²) in [6.45, 7) is 3.34. The van der Waals surface area contributed by atoms with E-state index in [4.69, 9.17) is 4.74 Å². The number of amides is 1. The van der Waals surface area contributed by atoms with Gasteiger partial charge in [0.15, 0.2) is 0 Å². The van der Waals surface area contributed by atoms with E-state index in [1.54, 1.807) is 19.5 Å². The van der Waals surface area contributed by atoms with Gasteiger partial charge in [-0.3, -0.25) is 4.79 Å². The molecule has 6 heteroatoms. The van der Waals surface area contributed by atoms with Gasteiger partial charge < -0.3 is 15.4 Å². The maximum absolute atomic E-state index is 12.5. The van der Waals surface area contributed by atoms with Crippen molar-refractivity contribution in [2.75, 3.05) is 25.5 Å². The van der Waals surface area contributed by atoms with Gasteiger partial charge in [-0.25, -0.2) is 9.97 Å². The molecule has 0 spiro atoms. The molecule has 138 valence electrons. The van der Waals surface area contributed by atoms with Crippen LogP contribution in [0.2, 0.25) is 0 Å². The molecule has 1 fully saturated rings. The van der Waals surface area contributed by atoms with Crippen LogP contribution in [0.5, 0.6) is 5.75 Å². The number of hydrogen-bond donors (Lipinski definition) is 2. The Morgan fingerprint density at radius 2 is 1.81 bits per heavy atom. The summed E-state index contributed by atoms with van der Waals surface area (Å²) in [6, 6.07) is 8.21. The number of nitrogens with zero attached hydrogens (tertiary/aromatic N) is 2. The second-order valence-electron chi connectivity index (χ2n) is 6.72. The van der Waals surface area contributed by atoms with E-state index in [1.165, 1.54) is 18.4 Å².